The normalized spacial score (nSPS) is 16.7. The molecule has 0 amide bonds. The number of benzene rings is 1. The van der Waals surface area contributed by atoms with Crippen LogP contribution in [0.4, 0.5) is 0 Å². The molecule has 1 aliphatic rings. The second kappa shape index (κ2) is 6.73. The Morgan fingerprint density at radius 2 is 1.89 bits per heavy atom. The number of hydrogen-bond acceptors (Lipinski definition) is 3. The maximum absolute atomic E-state index is 5.53. The molecule has 0 atom stereocenters. The molecule has 0 aliphatic heterocycles. The van der Waals surface area contributed by atoms with E-state index in [0.29, 0.717) is 0 Å². The molecule has 3 nitrogen and oxygen atoms in total. The first-order chi connectivity index (χ1) is 9.32. The summed E-state index contributed by atoms with van der Waals surface area (Å²) in [6.07, 6.45) is 6.66. The lowest BCUT2D eigenvalue weighted by molar-refractivity contribution is 0.196. The molecule has 1 aromatic rings. The molecule has 19 heavy (non-hydrogen) atoms. The lowest BCUT2D eigenvalue weighted by Gasteiger charge is -2.31. The van der Waals surface area contributed by atoms with Gasteiger partial charge in [-0.1, -0.05) is 30.4 Å². The predicted octanol–water partition coefficient (Wildman–Crippen LogP) is 2.52. The van der Waals surface area contributed by atoms with Crippen LogP contribution in [-0.4, -0.2) is 33.9 Å². The largest absolute Gasteiger partial charge is 0.496 e. The van der Waals surface area contributed by atoms with Crippen molar-refractivity contribution in [3.05, 3.63) is 42.0 Å². The van der Waals surface area contributed by atoms with Crippen molar-refractivity contribution >= 4 is 0 Å². The Kier molecular flexibility index (Phi) is 5.00. The Morgan fingerprint density at radius 3 is 2.58 bits per heavy atom. The first-order valence-electron chi connectivity index (χ1n) is 6.80. The summed E-state index contributed by atoms with van der Waals surface area (Å²) in [7, 11) is 3.47. The van der Waals surface area contributed by atoms with Gasteiger partial charge in [0.15, 0.2) is 0 Å². The van der Waals surface area contributed by atoms with E-state index in [1.807, 2.05) is 12.1 Å². The van der Waals surface area contributed by atoms with Gasteiger partial charge in [-0.05, 0) is 18.9 Å². The van der Waals surface area contributed by atoms with E-state index in [2.05, 4.69) is 29.6 Å². The third kappa shape index (κ3) is 3.17. The van der Waals surface area contributed by atoms with Gasteiger partial charge in [0.25, 0.3) is 0 Å². The number of rotatable bonds is 7. The molecule has 0 saturated carbocycles. The van der Waals surface area contributed by atoms with Gasteiger partial charge >= 0.3 is 0 Å². The molecule has 1 aromatic carbocycles. The molecule has 0 bridgehead atoms. The van der Waals surface area contributed by atoms with E-state index in [1.54, 1.807) is 14.2 Å². The molecular formula is C16H23NO2. The van der Waals surface area contributed by atoms with Crippen LogP contribution in [-0.2, 0) is 10.2 Å². The lowest BCUT2D eigenvalue weighted by atomic mass is 9.77. The Labute approximate surface area is 115 Å². The van der Waals surface area contributed by atoms with Crippen molar-refractivity contribution in [2.75, 3.05) is 33.9 Å². The summed E-state index contributed by atoms with van der Waals surface area (Å²) in [5.41, 5.74) is 1.42. The van der Waals surface area contributed by atoms with Crippen molar-refractivity contribution in [1.82, 2.24) is 5.32 Å². The minimum Gasteiger partial charge on any atom is -0.496 e. The molecular weight excluding hydrogens is 238 g/mol. The molecule has 0 fully saturated rings. The number of para-hydroxylation sites is 1. The van der Waals surface area contributed by atoms with Gasteiger partial charge in [-0.25, -0.2) is 0 Å². The molecule has 2 rings (SSSR count). The fourth-order valence-electron chi connectivity index (χ4n) is 2.75. The summed E-state index contributed by atoms with van der Waals surface area (Å²) >= 11 is 0. The molecule has 0 radical (unpaired) electrons. The molecule has 1 N–H and O–H groups in total. The molecule has 0 heterocycles. The molecule has 0 aromatic heterocycles. The Hall–Kier alpha value is -1.32. The number of methoxy groups -OCH3 is 2. The summed E-state index contributed by atoms with van der Waals surface area (Å²) in [6, 6.07) is 8.35. The van der Waals surface area contributed by atoms with Gasteiger partial charge < -0.3 is 14.8 Å². The standard InChI is InChI=1S/C16H23NO2/c1-18-12-11-17-13-16(9-5-6-10-16)14-7-3-4-8-15(14)19-2/h3-8,17H,9-13H2,1-2H3. The topological polar surface area (TPSA) is 30.5 Å². The SMILES string of the molecule is COCCNCC1(c2ccccc2OC)CC=CC1. The molecule has 104 valence electrons. The summed E-state index contributed by atoms with van der Waals surface area (Å²) in [5.74, 6) is 0.986. The predicted molar refractivity (Wildman–Crippen MR) is 77.8 cm³/mol. The number of allylic oxidation sites excluding steroid dienone is 2. The Balaban J connectivity index is 2.14. The van der Waals surface area contributed by atoms with E-state index >= 15 is 0 Å². The smallest absolute Gasteiger partial charge is 0.122 e. The van der Waals surface area contributed by atoms with Crippen molar-refractivity contribution < 1.29 is 9.47 Å². The van der Waals surface area contributed by atoms with Crippen molar-refractivity contribution in [3.8, 4) is 5.75 Å². The van der Waals surface area contributed by atoms with Crippen LogP contribution in [0.3, 0.4) is 0 Å². The molecule has 1 aliphatic carbocycles. The highest BCUT2D eigenvalue weighted by atomic mass is 16.5. The van der Waals surface area contributed by atoms with Gasteiger partial charge in [-0.2, -0.15) is 0 Å². The number of ether oxygens (including phenoxy) is 2. The highest BCUT2D eigenvalue weighted by Crippen LogP contribution is 2.41. The zero-order valence-electron chi connectivity index (χ0n) is 11.8. The quantitative estimate of drug-likeness (QED) is 0.604. The molecule has 0 unspecified atom stereocenters. The van der Waals surface area contributed by atoms with Crippen molar-refractivity contribution in [1.29, 1.82) is 0 Å². The van der Waals surface area contributed by atoms with Crippen LogP contribution in [0.1, 0.15) is 18.4 Å². The molecule has 0 saturated heterocycles. The Bertz CT molecular complexity index is 421. The molecule has 3 heteroatoms. The average molecular weight is 261 g/mol. The number of hydrogen-bond donors (Lipinski definition) is 1. The van der Waals surface area contributed by atoms with E-state index in [-0.39, 0.29) is 5.41 Å². The zero-order chi connectivity index (χ0) is 13.6. The van der Waals surface area contributed by atoms with Crippen LogP contribution in [0.25, 0.3) is 0 Å². The van der Waals surface area contributed by atoms with E-state index < -0.39 is 0 Å². The van der Waals surface area contributed by atoms with Gasteiger partial charge in [0.05, 0.1) is 13.7 Å². The van der Waals surface area contributed by atoms with Crippen LogP contribution in [0.5, 0.6) is 5.75 Å². The van der Waals surface area contributed by atoms with Gasteiger partial charge in [0.2, 0.25) is 0 Å². The first kappa shape index (κ1) is 14.1. The van der Waals surface area contributed by atoms with E-state index in [0.717, 1.165) is 38.3 Å². The average Bonchev–Trinajstić information content (AvgIpc) is 2.93. The van der Waals surface area contributed by atoms with E-state index in [9.17, 15) is 0 Å². The third-order valence-electron chi connectivity index (χ3n) is 3.81. The third-order valence-corrected chi connectivity index (χ3v) is 3.81. The van der Waals surface area contributed by atoms with Crippen LogP contribution < -0.4 is 10.1 Å². The highest BCUT2D eigenvalue weighted by Gasteiger charge is 2.34. The van der Waals surface area contributed by atoms with Crippen molar-refractivity contribution in [2.45, 2.75) is 18.3 Å². The van der Waals surface area contributed by atoms with Crippen molar-refractivity contribution in [2.24, 2.45) is 0 Å². The Morgan fingerprint density at radius 1 is 1.16 bits per heavy atom. The maximum atomic E-state index is 5.53. The second-order valence-electron chi connectivity index (χ2n) is 5.03. The fraction of sp³-hybridized carbons (Fsp3) is 0.500. The first-order valence-corrected chi connectivity index (χ1v) is 6.80. The fourth-order valence-corrected chi connectivity index (χ4v) is 2.75. The van der Waals surface area contributed by atoms with Crippen LogP contribution in [0, 0.1) is 0 Å². The van der Waals surface area contributed by atoms with Gasteiger partial charge in [0.1, 0.15) is 5.75 Å². The van der Waals surface area contributed by atoms with Gasteiger partial charge in [0, 0.05) is 31.2 Å². The van der Waals surface area contributed by atoms with E-state index in [4.69, 9.17) is 9.47 Å². The highest BCUT2D eigenvalue weighted by molar-refractivity contribution is 5.42. The zero-order valence-corrected chi connectivity index (χ0v) is 11.8. The summed E-state index contributed by atoms with van der Waals surface area (Å²) in [6.45, 7) is 2.58. The summed E-state index contributed by atoms with van der Waals surface area (Å²) in [5, 5.41) is 3.50. The minimum atomic E-state index is 0.125. The molecule has 0 spiro atoms. The maximum Gasteiger partial charge on any atom is 0.122 e. The minimum absolute atomic E-state index is 0.125. The van der Waals surface area contributed by atoms with Gasteiger partial charge in [-0.15, -0.1) is 0 Å². The summed E-state index contributed by atoms with van der Waals surface area (Å²) in [4.78, 5) is 0. The van der Waals surface area contributed by atoms with Crippen LogP contribution in [0.2, 0.25) is 0 Å². The second-order valence-corrected chi connectivity index (χ2v) is 5.03. The van der Waals surface area contributed by atoms with Crippen LogP contribution in [0.15, 0.2) is 36.4 Å². The lowest BCUT2D eigenvalue weighted by Crippen LogP contribution is -2.37. The number of nitrogens with one attached hydrogen (secondary N) is 1. The van der Waals surface area contributed by atoms with Crippen LogP contribution >= 0.6 is 0 Å². The van der Waals surface area contributed by atoms with Crippen molar-refractivity contribution in [3.63, 3.8) is 0 Å². The van der Waals surface area contributed by atoms with E-state index in [1.165, 1.54) is 5.56 Å². The summed E-state index contributed by atoms with van der Waals surface area (Å²) < 4.78 is 10.6. The monoisotopic (exact) mass is 261 g/mol. The van der Waals surface area contributed by atoms with Gasteiger partial charge in [-0.3, -0.25) is 0 Å².